The maximum atomic E-state index is 11.4. The molecule has 0 aliphatic carbocycles. The van der Waals surface area contributed by atoms with Crippen molar-refractivity contribution in [1.82, 2.24) is 9.78 Å². The summed E-state index contributed by atoms with van der Waals surface area (Å²) in [7, 11) is 0.957. The maximum Gasteiger partial charge on any atom is 0.0749 e. The van der Waals surface area contributed by atoms with Gasteiger partial charge in [0.25, 0.3) is 0 Å². The molecule has 13 heavy (non-hydrogen) atoms. The highest BCUT2D eigenvalue weighted by Gasteiger charge is 2.06. The summed E-state index contributed by atoms with van der Waals surface area (Å²) in [6, 6.07) is 1.86. The lowest BCUT2D eigenvalue weighted by atomic mass is 10.4. The highest BCUT2D eigenvalue weighted by molar-refractivity contribution is 7.84. The van der Waals surface area contributed by atoms with Gasteiger partial charge >= 0.3 is 0 Å². The second kappa shape index (κ2) is 4.53. The SMILES string of the molecule is CC(N)CS(=O)Cc1ccn(C)n1. The number of rotatable bonds is 4. The lowest BCUT2D eigenvalue weighted by Crippen LogP contribution is -2.23. The van der Waals surface area contributed by atoms with Crippen molar-refractivity contribution in [3.05, 3.63) is 18.0 Å². The molecule has 1 aromatic rings. The van der Waals surface area contributed by atoms with Gasteiger partial charge in [-0.2, -0.15) is 5.10 Å². The Kier molecular flexibility index (Phi) is 3.62. The molecule has 2 N–H and O–H groups in total. The number of hydrogen-bond donors (Lipinski definition) is 1. The van der Waals surface area contributed by atoms with Gasteiger partial charge in [-0.15, -0.1) is 0 Å². The van der Waals surface area contributed by atoms with Crippen LogP contribution in [0.2, 0.25) is 0 Å². The molecule has 0 aliphatic heterocycles. The molecule has 1 heterocycles. The van der Waals surface area contributed by atoms with E-state index < -0.39 is 10.8 Å². The van der Waals surface area contributed by atoms with Crippen molar-refractivity contribution < 1.29 is 4.21 Å². The molecule has 2 atom stereocenters. The van der Waals surface area contributed by atoms with Crippen LogP contribution in [0.3, 0.4) is 0 Å². The van der Waals surface area contributed by atoms with Crippen molar-refractivity contribution in [2.75, 3.05) is 5.75 Å². The largest absolute Gasteiger partial charge is 0.327 e. The van der Waals surface area contributed by atoms with E-state index in [1.54, 1.807) is 4.68 Å². The quantitative estimate of drug-likeness (QED) is 0.747. The zero-order valence-corrected chi connectivity index (χ0v) is 8.75. The minimum absolute atomic E-state index is 0.00968. The van der Waals surface area contributed by atoms with E-state index >= 15 is 0 Å². The fraction of sp³-hybridized carbons (Fsp3) is 0.625. The molecule has 0 fully saturated rings. The zero-order chi connectivity index (χ0) is 9.84. The van der Waals surface area contributed by atoms with Gasteiger partial charge < -0.3 is 5.73 Å². The molecule has 5 heteroatoms. The van der Waals surface area contributed by atoms with Gasteiger partial charge in [0.15, 0.2) is 0 Å². The molecule has 0 aromatic carbocycles. The first-order valence-corrected chi connectivity index (χ1v) is 5.66. The van der Waals surface area contributed by atoms with Crippen molar-refractivity contribution in [3.8, 4) is 0 Å². The summed E-state index contributed by atoms with van der Waals surface area (Å²) in [6.45, 7) is 1.86. The minimum atomic E-state index is -0.889. The first-order chi connectivity index (χ1) is 6.08. The highest BCUT2D eigenvalue weighted by Crippen LogP contribution is 2.00. The summed E-state index contributed by atoms with van der Waals surface area (Å²) >= 11 is 0. The molecule has 0 saturated heterocycles. The third-order valence-electron chi connectivity index (χ3n) is 1.53. The topological polar surface area (TPSA) is 60.9 Å². The van der Waals surface area contributed by atoms with Crippen LogP contribution in [0.15, 0.2) is 12.3 Å². The van der Waals surface area contributed by atoms with Gasteiger partial charge in [0.2, 0.25) is 0 Å². The predicted octanol–water partition coefficient (Wildman–Crippen LogP) is 0.0160. The van der Waals surface area contributed by atoms with Crippen LogP contribution < -0.4 is 5.73 Å². The van der Waals surface area contributed by atoms with E-state index in [1.165, 1.54) is 0 Å². The predicted molar refractivity (Wildman–Crippen MR) is 53.6 cm³/mol. The van der Waals surface area contributed by atoms with Gasteiger partial charge in [0.05, 0.1) is 11.4 Å². The van der Waals surface area contributed by atoms with Crippen LogP contribution in [0, 0.1) is 0 Å². The Bertz CT molecular complexity index is 295. The summed E-state index contributed by atoms with van der Waals surface area (Å²) in [5, 5.41) is 4.14. The smallest absolute Gasteiger partial charge is 0.0749 e. The molecule has 0 radical (unpaired) electrons. The molecule has 1 rings (SSSR count). The molecule has 74 valence electrons. The van der Waals surface area contributed by atoms with Gasteiger partial charge in [-0.05, 0) is 13.0 Å². The van der Waals surface area contributed by atoms with E-state index in [0.29, 0.717) is 11.5 Å². The fourth-order valence-corrected chi connectivity index (χ4v) is 2.25. The summed E-state index contributed by atoms with van der Waals surface area (Å²) in [5.41, 5.74) is 6.40. The second-order valence-electron chi connectivity index (χ2n) is 3.21. The maximum absolute atomic E-state index is 11.4. The van der Waals surface area contributed by atoms with E-state index in [9.17, 15) is 4.21 Å². The molecular formula is C8H15N3OS. The average Bonchev–Trinajstić information content (AvgIpc) is 2.33. The van der Waals surface area contributed by atoms with Crippen LogP contribution in [0.1, 0.15) is 12.6 Å². The normalized spacial score (nSPS) is 15.6. The van der Waals surface area contributed by atoms with Crippen molar-refractivity contribution in [2.24, 2.45) is 12.8 Å². The van der Waals surface area contributed by atoms with Crippen LogP contribution in [0.5, 0.6) is 0 Å². The number of aromatic nitrogens is 2. The molecule has 4 nitrogen and oxygen atoms in total. The molecular weight excluding hydrogens is 186 g/mol. The fourth-order valence-electron chi connectivity index (χ4n) is 1.06. The van der Waals surface area contributed by atoms with Gasteiger partial charge in [-0.1, -0.05) is 0 Å². The summed E-state index contributed by atoms with van der Waals surface area (Å²) in [6.07, 6.45) is 1.85. The standard InChI is InChI=1S/C8H15N3OS/c1-7(9)5-13(12)6-8-3-4-11(2)10-8/h3-4,7H,5-6,9H2,1-2H3. The number of nitrogens with two attached hydrogens (primary N) is 1. The lowest BCUT2D eigenvalue weighted by molar-refractivity contribution is 0.674. The van der Waals surface area contributed by atoms with Crippen molar-refractivity contribution in [2.45, 2.75) is 18.7 Å². The molecule has 2 unspecified atom stereocenters. The Morgan fingerprint density at radius 3 is 2.92 bits per heavy atom. The van der Waals surface area contributed by atoms with Crippen LogP contribution >= 0.6 is 0 Å². The average molecular weight is 201 g/mol. The number of hydrogen-bond acceptors (Lipinski definition) is 3. The molecule has 0 aliphatic rings. The van der Waals surface area contributed by atoms with E-state index in [1.807, 2.05) is 26.2 Å². The molecule has 0 spiro atoms. The Balaban J connectivity index is 2.45. The van der Waals surface area contributed by atoms with Gasteiger partial charge in [0.1, 0.15) is 0 Å². The van der Waals surface area contributed by atoms with Crippen LogP contribution in [0.25, 0.3) is 0 Å². The molecule has 0 bridgehead atoms. The summed E-state index contributed by atoms with van der Waals surface area (Å²) in [4.78, 5) is 0. The third kappa shape index (κ3) is 3.69. The van der Waals surface area contributed by atoms with Crippen molar-refractivity contribution in [1.29, 1.82) is 0 Å². The molecule has 1 aromatic heterocycles. The number of nitrogens with zero attached hydrogens (tertiary/aromatic N) is 2. The summed E-state index contributed by atoms with van der Waals surface area (Å²) in [5.74, 6) is 1.04. The molecule has 0 saturated carbocycles. The first-order valence-electron chi connectivity index (χ1n) is 4.17. The van der Waals surface area contributed by atoms with E-state index in [4.69, 9.17) is 5.73 Å². The zero-order valence-electron chi connectivity index (χ0n) is 7.93. The Hall–Kier alpha value is -0.680. The highest BCUT2D eigenvalue weighted by atomic mass is 32.2. The van der Waals surface area contributed by atoms with E-state index in [2.05, 4.69) is 5.10 Å². The van der Waals surface area contributed by atoms with Crippen LogP contribution in [0.4, 0.5) is 0 Å². The van der Waals surface area contributed by atoms with E-state index in [0.717, 1.165) is 5.69 Å². The van der Waals surface area contributed by atoms with Gasteiger partial charge in [-0.3, -0.25) is 8.89 Å². The second-order valence-corrected chi connectivity index (χ2v) is 4.71. The van der Waals surface area contributed by atoms with Crippen molar-refractivity contribution in [3.63, 3.8) is 0 Å². The third-order valence-corrected chi connectivity index (χ3v) is 3.04. The Morgan fingerprint density at radius 1 is 1.77 bits per heavy atom. The Morgan fingerprint density at radius 2 is 2.46 bits per heavy atom. The monoisotopic (exact) mass is 201 g/mol. The summed E-state index contributed by atoms with van der Waals surface area (Å²) < 4.78 is 13.1. The lowest BCUT2D eigenvalue weighted by Gasteiger charge is -2.02. The Labute approximate surface area is 80.6 Å². The first kappa shape index (κ1) is 10.4. The minimum Gasteiger partial charge on any atom is -0.327 e. The number of aryl methyl sites for hydroxylation is 1. The van der Waals surface area contributed by atoms with Crippen molar-refractivity contribution >= 4 is 10.8 Å². The van der Waals surface area contributed by atoms with Gasteiger partial charge in [0, 0.05) is 35.8 Å². The molecule has 0 amide bonds. The van der Waals surface area contributed by atoms with Crippen LogP contribution in [-0.2, 0) is 23.6 Å². The van der Waals surface area contributed by atoms with Crippen LogP contribution in [-0.4, -0.2) is 25.8 Å². The van der Waals surface area contributed by atoms with E-state index in [-0.39, 0.29) is 6.04 Å². The van der Waals surface area contributed by atoms with Gasteiger partial charge in [-0.25, -0.2) is 0 Å².